The average Bonchev–Trinajstić information content (AvgIpc) is 3.29. The van der Waals surface area contributed by atoms with E-state index in [0.29, 0.717) is 29.3 Å². The number of nitriles is 1. The van der Waals surface area contributed by atoms with E-state index in [9.17, 15) is 24.8 Å². The average molecular weight is 448 g/mol. The van der Waals surface area contributed by atoms with E-state index in [2.05, 4.69) is 0 Å². The van der Waals surface area contributed by atoms with Crippen molar-refractivity contribution >= 4 is 23.9 Å². The minimum atomic E-state index is -0.728. The van der Waals surface area contributed by atoms with E-state index < -0.39 is 24.4 Å². The smallest absolute Gasteiger partial charge is 0.338 e. The molecule has 8 nitrogen and oxygen atoms in total. The van der Waals surface area contributed by atoms with Crippen molar-refractivity contribution in [1.29, 1.82) is 5.26 Å². The maximum absolute atomic E-state index is 12.8. The Labute approximate surface area is 191 Å². The molecular formula is C25H24N2O6. The largest absolute Gasteiger partial charge is 0.462 e. The van der Waals surface area contributed by atoms with Crippen LogP contribution in [-0.2, 0) is 14.3 Å². The van der Waals surface area contributed by atoms with E-state index in [1.807, 2.05) is 13.0 Å². The molecule has 0 spiro atoms. The highest BCUT2D eigenvalue weighted by Gasteiger charge is 2.35. The summed E-state index contributed by atoms with van der Waals surface area (Å²) in [5, 5.41) is 18.6. The van der Waals surface area contributed by atoms with Crippen molar-refractivity contribution in [3.63, 3.8) is 0 Å². The predicted octanol–water partition coefficient (Wildman–Crippen LogP) is 3.49. The lowest BCUT2D eigenvalue weighted by atomic mass is 9.95. The molecule has 0 radical (unpaired) electrons. The van der Waals surface area contributed by atoms with Crippen LogP contribution in [0, 0.1) is 11.3 Å². The second kappa shape index (κ2) is 10.6. The number of ether oxygens (including phenoxy) is 1. The van der Waals surface area contributed by atoms with Crippen LogP contribution >= 0.6 is 0 Å². The molecule has 1 N–H and O–H groups in total. The molecule has 1 aliphatic rings. The van der Waals surface area contributed by atoms with Crippen LogP contribution in [0.15, 0.2) is 57.5 Å². The molecule has 1 aromatic carbocycles. The van der Waals surface area contributed by atoms with Gasteiger partial charge in [-0.3, -0.25) is 14.5 Å². The maximum Gasteiger partial charge on any atom is 0.338 e. The molecule has 3 rings (SSSR count). The Balaban J connectivity index is 1.90. The number of furan rings is 1. The second-order valence-electron chi connectivity index (χ2n) is 7.43. The molecule has 170 valence electrons. The molecule has 0 saturated carbocycles. The Morgan fingerprint density at radius 2 is 2.03 bits per heavy atom. The van der Waals surface area contributed by atoms with Gasteiger partial charge in [-0.15, -0.1) is 0 Å². The Hall–Kier alpha value is -3.96. The molecule has 2 aromatic rings. The number of carbonyl (C=O) groups is 3. The van der Waals surface area contributed by atoms with Gasteiger partial charge >= 0.3 is 5.97 Å². The Bertz CT molecular complexity index is 1180. The van der Waals surface area contributed by atoms with Crippen molar-refractivity contribution < 1.29 is 28.6 Å². The van der Waals surface area contributed by atoms with Gasteiger partial charge in [0.25, 0.3) is 11.8 Å². The zero-order valence-corrected chi connectivity index (χ0v) is 18.5. The lowest BCUT2D eigenvalue weighted by molar-refractivity contribution is -0.141. The summed E-state index contributed by atoms with van der Waals surface area (Å²) < 4.78 is 11.1. The number of aliphatic hydroxyl groups excluding tert-OH is 1. The second-order valence-corrected chi connectivity index (χ2v) is 7.43. The SMILES string of the molecule is CCCCOC(=O)c1cccc(-c2ccc(/C=C3/C(=O)N(CCO)C(=O)C(C#N)=C3C)o2)c1. The van der Waals surface area contributed by atoms with Crippen LogP contribution in [0.5, 0.6) is 0 Å². The van der Waals surface area contributed by atoms with Crippen molar-refractivity contribution in [2.24, 2.45) is 0 Å². The molecule has 0 saturated heterocycles. The number of nitrogens with zero attached hydrogens (tertiary/aromatic N) is 2. The van der Waals surface area contributed by atoms with E-state index in [1.165, 1.54) is 13.0 Å². The number of β-amino-alcohol motifs (C(OH)–C–C–N with tert-alkyl or cyclic N) is 1. The molecule has 2 heterocycles. The van der Waals surface area contributed by atoms with Crippen molar-refractivity contribution in [3.05, 3.63) is 64.4 Å². The van der Waals surface area contributed by atoms with Crippen LogP contribution in [0.25, 0.3) is 17.4 Å². The minimum absolute atomic E-state index is 0.133. The first-order valence-corrected chi connectivity index (χ1v) is 10.6. The predicted molar refractivity (Wildman–Crippen MR) is 119 cm³/mol. The first-order valence-electron chi connectivity index (χ1n) is 10.6. The van der Waals surface area contributed by atoms with Gasteiger partial charge in [-0.1, -0.05) is 25.5 Å². The van der Waals surface area contributed by atoms with Crippen LogP contribution in [0.3, 0.4) is 0 Å². The van der Waals surface area contributed by atoms with Crippen molar-refractivity contribution in [2.75, 3.05) is 19.8 Å². The Kier molecular flexibility index (Phi) is 7.59. The molecule has 0 fully saturated rings. The molecule has 2 amide bonds. The van der Waals surface area contributed by atoms with E-state index in [4.69, 9.17) is 9.15 Å². The molecule has 1 aromatic heterocycles. The van der Waals surface area contributed by atoms with E-state index in [-0.39, 0.29) is 23.3 Å². The lowest BCUT2D eigenvalue weighted by Crippen LogP contribution is -2.44. The first-order chi connectivity index (χ1) is 15.9. The Morgan fingerprint density at radius 1 is 1.24 bits per heavy atom. The van der Waals surface area contributed by atoms with Crippen LogP contribution in [0.2, 0.25) is 0 Å². The number of hydrogen-bond donors (Lipinski definition) is 1. The van der Waals surface area contributed by atoms with Crippen LogP contribution < -0.4 is 0 Å². The fourth-order valence-corrected chi connectivity index (χ4v) is 3.35. The van der Waals surface area contributed by atoms with E-state index >= 15 is 0 Å². The zero-order chi connectivity index (χ0) is 24.0. The summed E-state index contributed by atoms with van der Waals surface area (Å²) in [6, 6.07) is 12.0. The third-order valence-electron chi connectivity index (χ3n) is 5.18. The highest BCUT2D eigenvalue weighted by atomic mass is 16.5. The Morgan fingerprint density at radius 3 is 2.73 bits per heavy atom. The number of benzene rings is 1. The molecule has 0 aliphatic carbocycles. The fourth-order valence-electron chi connectivity index (χ4n) is 3.35. The van der Waals surface area contributed by atoms with Gasteiger partial charge in [-0.05, 0) is 49.3 Å². The van der Waals surface area contributed by atoms with Crippen molar-refractivity contribution in [2.45, 2.75) is 26.7 Å². The van der Waals surface area contributed by atoms with Crippen LogP contribution in [0.4, 0.5) is 0 Å². The van der Waals surface area contributed by atoms with Crippen LogP contribution in [0.1, 0.15) is 42.8 Å². The number of carbonyl (C=O) groups excluding carboxylic acids is 3. The highest BCUT2D eigenvalue weighted by molar-refractivity contribution is 6.19. The number of imide groups is 1. The summed E-state index contributed by atoms with van der Waals surface area (Å²) in [5.41, 5.74) is 1.28. The topological polar surface area (TPSA) is 121 Å². The van der Waals surface area contributed by atoms with E-state index in [1.54, 1.807) is 36.4 Å². The number of esters is 1. The van der Waals surface area contributed by atoms with Crippen molar-refractivity contribution in [3.8, 4) is 17.4 Å². The maximum atomic E-state index is 12.8. The molecule has 0 bridgehead atoms. The van der Waals surface area contributed by atoms with Gasteiger partial charge in [-0.2, -0.15) is 5.26 Å². The monoisotopic (exact) mass is 448 g/mol. The molecule has 8 heteroatoms. The van der Waals surface area contributed by atoms with Gasteiger partial charge in [0, 0.05) is 11.1 Å². The zero-order valence-electron chi connectivity index (χ0n) is 18.5. The molecule has 0 unspecified atom stereocenters. The van der Waals surface area contributed by atoms with Crippen molar-refractivity contribution in [1.82, 2.24) is 4.90 Å². The lowest BCUT2D eigenvalue weighted by Gasteiger charge is -2.26. The summed E-state index contributed by atoms with van der Waals surface area (Å²) in [5.74, 6) is -0.947. The van der Waals surface area contributed by atoms with E-state index in [0.717, 1.165) is 17.7 Å². The number of aliphatic hydroxyl groups is 1. The van der Waals surface area contributed by atoms with Gasteiger partial charge in [0.1, 0.15) is 23.2 Å². The normalized spacial score (nSPS) is 15.2. The van der Waals surface area contributed by atoms with Gasteiger partial charge in [0.2, 0.25) is 0 Å². The third kappa shape index (κ3) is 5.10. The number of unbranched alkanes of at least 4 members (excludes halogenated alkanes) is 1. The number of amides is 2. The molecule has 33 heavy (non-hydrogen) atoms. The van der Waals surface area contributed by atoms with Crippen LogP contribution in [-0.4, -0.2) is 47.5 Å². The molecule has 1 aliphatic heterocycles. The third-order valence-corrected chi connectivity index (χ3v) is 5.18. The minimum Gasteiger partial charge on any atom is -0.462 e. The molecule has 0 atom stereocenters. The van der Waals surface area contributed by atoms with Gasteiger partial charge in [-0.25, -0.2) is 4.79 Å². The first kappa shape index (κ1) is 23.7. The fraction of sp³-hybridized carbons (Fsp3) is 0.280. The van der Waals surface area contributed by atoms with Gasteiger partial charge < -0.3 is 14.3 Å². The number of rotatable bonds is 8. The quantitative estimate of drug-likeness (QED) is 0.284. The van der Waals surface area contributed by atoms with Gasteiger partial charge in [0.05, 0.1) is 25.3 Å². The summed E-state index contributed by atoms with van der Waals surface area (Å²) in [7, 11) is 0. The summed E-state index contributed by atoms with van der Waals surface area (Å²) >= 11 is 0. The summed E-state index contributed by atoms with van der Waals surface area (Å²) in [4.78, 5) is 38.2. The van der Waals surface area contributed by atoms with Gasteiger partial charge in [0.15, 0.2) is 0 Å². The standard InChI is InChI=1S/C25H24N2O6/c1-3-4-12-32-25(31)18-7-5-6-17(13-18)22-9-8-19(33-22)14-20-16(2)21(15-26)24(30)27(10-11-28)23(20)29/h5-9,13-14,28H,3-4,10-12H2,1-2H3/b20-14+. The number of hydrogen-bond acceptors (Lipinski definition) is 7. The summed E-state index contributed by atoms with van der Waals surface area (Å²) in [6.45, 7) is 3.27. The molecular weight excluding hydrogens is 424 g/mol. The summed E-state index contributed by atoms with van der Waals surface area (Å²) in [6.07, 6.45) is 3.18. The highest BCUT2D eigenvalue weighted by Crippen LogP contribution is 2.29.